The average Bonchev–Trinajstić information content (AvgIpc) is 2.75. The van der Waals surface area contributed by atoms with Crippen molar-refractivity contribution in [1.29, 1.82) is 0 Å². The Morgan fingerprint density at radius 1 is 0.724 bits per heavy atom. The van der Waals surface area contributed by atoms with Gasteiger partial charge >= 0.3 is 0 Å². The summed E-state index contributed by atoms with van der Waals surface area (Å²) in [6.07, 6.45) is 0. The van der Waals surface area contributed by atoms with Gasteiger partial charge in [-0.1, -0.05) is 60.7 Å². The highest BCUT2D eigenvalue weighted by molar-refractivity contribution is 7.92. The lowest BCUT2D eigenvalue weighted by Crippen LogP contribution is -2.17. The molecule has 0 aliphatic heterocycles. The van der Waals surface area contributed by atoms with E-state index in [1.54, 1.807) is 24.3 Å². The molecule has 4 aromatic rings. The van der Waals surface area contributed by atoms with E-state index in [-0.39, 0.29) is 16.8 Å². The number of sulfonamides is 1. The number of benzene rings is 3. The Hall–Kier alpha value is -3.45. The monoisotopic (exact) mass is 404 g/mol. The Morgan fingerprint density at radius 2 is 1.24 bits per heavy atom. The largest absolute Gasteiger partial charge is 0.360 e. The molecule has 0 saturated heterocycles. The van der Waals surface area contributed by atoms with Crippen LogP contribution < -0.4 is 10.0 Å². The van der Waals surface area contributed by atoms with E-state index in [1.165, 1.54) is 12.1 Å². The number of hydrogen-bond acceptors (Lipinski definition) is 5. The summed E-state index contributed by atoms with van der Waals surface area (Å²) in [5.41, 5.74) is 2.34. The molecule has 7 heteroatoms. The van der Waals surface area contributed by atoms with Crippen LogP contribution in [0.4, 0.5) is 11.6 Å². The molecule has 0 spiro atoms. The van der Waals surface area contributed by atoms with Crippen molar-refractivity contribution < 1.29 is 8.42 Å². The number of fused-ring (bicyclic) bond motifs is 1. The van der Waals surface area contributed by atoms with Crippen LogP contribution in [0.1, 0.15) is 18.5 Å². The van der Waals surface area contributed by atoms with Crippen molar-refractivity contribution in [1.82, 2.24) is 9.97 Å². The lowest BCUT2D eigenvalue weighted by molar-refractivity contribution is 0.601. The molecule has 0 unspecified atom stereocenters. The molecule has 3 aromatic carbocycles. The maximum atomic E-state index is 12.8. The van der Waals surface area contributed by atoms with Crippen molar-refractivity contribution in [3.63, 3.8) is 0 Å². The van der Waals surface area contributed by atoms with E-state index in [0.29, 0.717) is 16.9 Å². The van der Waals surface area contributed by atoms with Gasteiger partial charge in [-0.15, -0.1) is 0 Å². The SMILES string of the molecule is C[C@@H](Nc1nc2ccccc2nc1NS(=O)(=O)c1ccccc1)c1ccccc1. The van der Waals surface area contributed by atoms with Crippen LogP contribution in [-0.2, 0) is 10.0 Å². The van der Waals surface area contributed by atoms with Crippen LogP contribution in [-0.4, -0.2) is 18.4 Å². The van der Waals surface area contributed by atoms with Crippen molar-refractivity contribution in [2.75, 3.05) is 10.0 Å². The smallest absolute Gasteiger partial charge is 0.263 e. The average molecular weight is 404 g/mol. The number of nitrogens with zero attached hydrogens (tertiary/aromatic N) is 2. The topological polar surface area (TPSA) is 84.0 Å². The van der Waals surface area contributed by atoms with E-state index in [4.69, 9.17) is 0 Å². The van der Waals surface area contributed by atoms with Gasteiger partial charge in [0, 0.05) is 0 Å². The molecule has 4 rings (SSSR count). The number of aromatic nitrogens is 2. The molecule has 0 fully saturated rings. The minimum Gasteiger partial charge on any atom is -0.360 e. The molecule has 1 atom stereocenters. The predicted octanol–water partition coefficient (Wildman–Crippen LogP) is 4.60. The standard InChI is InChI=1S/C22H20N4O2S/c1-16(17-10-4-2-5-11-17)23-21-22(25-20-15-9-8-14-19(20)24-21)26-29(27,28)18-12-6-3-7-13-18/h2-16H,1H3,(H,23,24)(H,25,26)/t16-/m1/s1. The summed E-state index contributed by atoms with van der Waals surface area (Å²) in [7, 11) is -3.80. The van der Waals surface area contributed by atoms with E-state index < -0.39 is 10.0 Å². The molecule has 2 N–H and O–H groups in total. The zero-order valence-electron chi connectivity index (χ0n) is 15.8. The third kappa shape index (κ3) is 4.20. The fraction of sp³-hybridized carbons (Fsp3) is 0.0909. The zero-order valence-corrected chi connectivity index (χ0v) is 16.6. The van der Waals surface area contributed by atoms with Crippen LogP contribution in [0.2, 0.25) is 0 Å². The lowest BCUT2D eigenvalue weighted by atomic mass is 10.1. The van der Waals surface area contributed by atoms with Crippen LogP contribution in [0.3, 0.4) is 0 Å². The number of anilines is 2. The van der Waals surface area contributed by atoms with Crippen LogP contribution in [0.5, 0.6) is 0 Å². The van der Waals surface area contributed by atoms with Crippen molar-refractivity contribution in [2.24, 2.45) is 0 Å². The molecule has 0 aliphatic rings. The third-order valence-electron chi connectivity index (χ3n) is 4.51. The van der Waals surface area contributed by atoms with Gasteiger partial charge in [0.05, 0.1) is 22.0 Å². The second-order valence-corrected chi connectivity index (χ2v) is 8.29. The Morgan fingerprint density at radius 3 is 1.86 bits per heavy atom. The summed E-state index contributed by atoms with van der Waals surface area (Å²) in [6.45, 7) is 1.99. The van der Waals surface area contributed by atoms with Crippen LogP contribution in [0.25, 0.3) is 11.0 Å². The molecule has 0 bridgehead atoms. The molecule has 0 radical (unpaired) electrons. The maximum Gasteiger partial charge on any atom is 0.263 e. The Bertz CT molecular complexity index is 1230. The summed E-state index contributed by atoms with van der Waals surface area (Å²) in [6, 6.07) is 25.3. The van der Waals surface area contributed by atoms with Crippen LogP contribution >= 0.6 is 0 Å². The molecule has 0 amide bonds. The Labute approximate surface area is 169 Å². The lowest BCUT2D eigenvalue weighted by Gasteiger charge is -2.18. The molecular formula is C22H20N4O2S. The highest BCUT2D eigenvalue weighted by Crippen LogP contribution is 2.27. The number of para-hydroxylation sites is 2. The molecule has 1 aromatic heterocycles. The fourth-order valence-corrected chi connectivity index (χ4v) is 4.02. The van der Waals surface area contributed by atoms with Crippen molar-refractivity contribution in [3.8, 4) is 0 Å². The molecule has 0 aliphatic carbocycles. The first kappa shape index (κ1) is 18.9. The first-order valence-corrected chi connectivity index (χ1v) is 10.7. The number of nitrogens with one attached hydrogen (secondary N) is 2. The van der Waals surface area contributed by atoms with Gasteiger partial charge in [0.1, 0.15) is 0 Å². The van der Waals surface area contributed by atoms with E-state index in [0.717, 1.165) is 5.56 Å². The van der Waals surface area contributed by atoms with Gasteiger partial charge in [-0.25, -0.2) is 18.4 Å². The van der Waals surface area contributed by atoms with E-state index >= 15 is 0 Å². The zero-order chi connectivity index (χ0) is 20.3. The predicted molar refractivity (Wildman–Crippen MR) is 115 cm³/mol. The number of hydrogen-bond donors (Lipinski definition) is 2. The van der Waals surface area contributed by atoms with Gasteiger partial charge in [-0.3, -0.25) is 4.72 Å². The minimum absolute atomic E-state index is 0.0911. The molecule has 146 valence electrons. The van der Waals surface area contributed by atoms with Crippen LogP contribution in [0, 0.1) is 0 Å². The summed E-state index contributed by atoms with van der Waals surface area (Å²) < 4.78 is 28.3. The van der Waals surface area contributed by atoms with E-state index in [2.05, 4.69) is 20.0 Å². The van der Waals surface area contributed by atoms with Crippen molar-refractivity contribution in [3.05, 3.63) is 90.5 Å². The van der Waals surface area contributed by atoms with E-state index in [9.17, 15) is 8.42 Å². The fourth-order valence-electron chi connectivity index (χ4n) is 2.99. The molecule has 0 saturated carbocycles. The number of rotatable bonds is 6. The second-order valence-electron chi connectivity index (χ2n) is 6.60. The van der Waals surface area contributed by atoms with Gasteiger partial charge in [-0.05, 0) is 36.8 Å². The maximum absolute atomic E-state index is 12.8. The third-order valence-corrected chi connectivity index (χ3v) is 5.86. The molecule has 1 heterocycles. The second kappa shape index (κ2) is 7.89. The van der Waals surface area contributed by atoms with Gasteiger partial charge in [0.25, 0.3) is 10.0 Å². The molecule has 6 nitrogen and oxygen atoms in total. The summed E-state index contributed by atoms with van der Waals surface area (Å²) in [4.78, 5) is 9.30. The van der Waals surface area contributed by atoms with Crippen molar-refractivity contribution in [2.45, 2.75) is 17.9 Å². The highest BCUT2D eigenvalue weighted by atomic mass is 32.2. The molecular weight excluding hydrogens is 384 g/mol. The highest BCUT2D eigenvalue weighted by Gasteiger charge is 2.19. The molecule has 29 heavy (non-hydrogen) atoms. The van der Waals surface area contributed by atoms with Gasteiger partial charge in [-0.2, -0.15) is 0 Å². The van der Waals surface area contributed by atoms with Gasteiger partial charge < -0.3 is 5.32 Å². The first-order valence-electron chi connectivity index (χ1n) is 9.19. The van der Waals surface area contributed by atoms with Gasteiger partial charge in [0.2, 0.25) is 0 Å². The van der Waals surface area contributed by atoms with Gasteiger partial charge in [0.15, 0.2) is 11.6 Å². The van der Waals surface area contributed by atoms with E-state index in [1.807, 2.05) is 55.5 Å². The first-order chi connectivity index (χ1) is 14.0. The summed E-state index contributed by atoms with van der Waals surface area (Å²) in [5, 5.41) is 3.29. The Balaban J connectivity index is 1.74. The summed E-state index contributed by atoms with van der Waals surface area (Å²) in [5.74, 6) is 0.537. The minimum atomic E-state index is -3.80. The normalized spacial score (nSPS) is 12.4. The van der Waals surface area contributed by atoms with Crippen molar-refractivity contribution >= 4 is 32.7 Å². The Kier molecular flexibility index (Phi) is 5.14. The quantitative estimate of drug-likeness (QED) is 0.490. The van der Waals surface area contributed by atoms with Crippen LogP contribution in [0.15, 0.2) is 89.8 Å². The summed E-state index contributed by atoms with van der Waals surface area (Å²) >= 11 is 0.